The van der Waals surface area contributed by atoms with Crippen molar-refractivity contribution in [2.75, 3.05) is 111 Å². The molecule has 774 valence electrons. The minimum absolute atomic E-state index is 0.151. The largest absolute Gasteiger partial charge is 0.510 e. The molecular formula is C90H162N15O21P3S6. The summed E-state index contributed by atoms with van der Waals surface area (Å²) >= 11 is 17.0. The van der Waals surface area contributed by atoms with Gasteiger partial charge in [-0.1, -0.05) is 266 Å². The van der Waals surface area contributed by atoms with Crippen molar-refractivity contribution in [3.63, 3.8) is 0 Å². The molecular weight excluding hydrogens is 1910 g/mol. The highest BCUT2D eigenvalue weighted by atomic mass is 32.8. The Morgan fingerprint density at radius 2 is 0.533 bits per heavy atom. The summed E-state index contributed by atoms with van der Waals surface area (Å²) in [7, 11) is -12.2. The lowest BCUT2D eigenvalue weighted by Crippen LogP contribution is -2.20. The van der Waals surface area contributed by atoms with E-state index in [-0.39, 0.29) is 103 Å². The molecule has 0 saturated heterocycles. The maximum absolute atomic E-state index is 13.5. The minimum atomic E-state index is -3.79. The lowest BCUT2D eigenvalue weighted by atomic mass is 10.1. The van der Waals surface area contributed by atoms with Crippen molar-refractivity contribution in [3.8, 4) is 0 Å². The van der Waals surface area contributed by atoms with Gasteiger partial charge in [0.1, 0.15) is 54.6 Å². The fourth-order valence-corrected chi connectivity index (χ4v) is 22.4. The molecule has 0 spiro atoms. The van der Waals surface area contributed by atoms with Gasteiger partial charge in [-0.3, -0.25) is 27.3 Å². The molecule has 6 rings (SSSR count). The number of fused-ring (bicyclic) bond motifs is 3. The van der Waals surface area contributed by atoms with Crippen LogP contribution in [0.4, 0.5) is 31.8 Å². The molecule has 6 N–H and O–H groups in total. The van der Waals surface area contributed by atoms with Crippen LogP contribution < -0.4 is 17.2 Å². The monoisotopic (exact) mass is 2070 g/mol. The van der Waals surface area contributed by atoms with Crippen molar-refractivity contribution in [3.05, 3.63) is 38.0 Å². The first-order chi connectivity index (χ1) is 64.9. The van der Waals surface area contributed by atoms with Crippen molar-refractivity contribution >= 4 is 154 Å². The Labute approximate surface area is 824 Å². The molecule has 45 heteroatoms. The van der Waals surface area contributed by atoms with Gasteiger partial charge < -0.3 is 87.1 Å². The summed E-state index contributed by atoms with van der Waals surface area (Å²) in [5.74, 6) is 5.40. The average molecular weight is 2080 g/mol. The van der Waals surface area contributed by atoms with E-state index in [2.05, 4.69) is 65.6 Å². The van der Waals surface area contributed by atoms with E-state index in [1.54, 1.807) is 74.2 Å². The second kappa shape index (κ2) is 73.9. The van der Waals surface area contributed by atoms with Gasteiger partial charge in [-0.05, 0) is 98.8 Å². The quantitative estimate of drug-likeness (QED) is 0.0105. The number of carbonyl (C=O) groups excluding carboxylic acids is 3. The molecule has 0 saturated carbocycles. The predicted octanol–water partition coefficient (Wildman–Crippen LogP) is 21.9. The normalized spacial score (nSPS) is 14.4. The highest BCUT2D eigenvalue weighted by molar-refractivity contribution is 8.29. The van der Waals surface area contributed by atoms with Crippen LogP contribution >= 0.6 is 22.8 Å². The maximum atomic E-state index is 13.5. The predicted molar refractivity (Wildman–Crippen MR) is 549 cm³/mol. The van der Waals surface area contributed by atoms with Crippen LogP contribution in [0.5, 0.6) is 0 Å². The van der Waals surface area contributed by atoms with Gasteiger partial charge in [0, 0.05) is 17.3 Å². The fraction of sp³-hybridized carbons (Fsp3) is 0.800. The molecule has 0 amide bonds. The highest BCUT2D eigenvalue weighted by Gasteiger charge is 2.32. The number of aromatic nitrogens is 12. The zero-order valence-electron chi connectivity index (χ0n) is 82.6. The summed E-state index contributed by atoms with van der Waals surface area (Å²) < 4.78 is 126. The Bertz CT molecular complexity index is 3990. The second-order valence-electron chi connectivity index (χ2n) is 34.3. The summed E-state index contributed by atoms with van der Waals surface area (Å²) in [5.41, 5.74) is 20.8. The fourth-order valence-electron chi connectivity index (χ4n) is 13.6. The van der Waals surface area contributed by atoms with Crippen LogP contribution in [-0.2, 0) is 165 Å². The van der Waals surface area contributed by atoms with Crippen LogP contribution in [-0.4, -0.2) is 207 Å². The molecule has 0 radical (unpaired) electrons. The topological polar surface area (TPSA) is 450 Å². The number of nitrogen functional groups attached to an aromatic ring is 3. The van der Waals surface area contributed by atoms with Gasteiger partial charge in [-0.15, -0.1) is 28.4 Å². The second-order valence-corrected chi connectivity index (χ2v) is 49.6. The summed E-state index contributed by atoms with van der Waals surface area (Å²) in [6, 6.07) is 0. The lowest BCUT2D eigenvalue weighted by Gasteiger charge is -2.21. The zero-order chi connectivity index (χ0) is 98.8. The molecule has 135 heavy (non-hydrogen) atoms. The van der Waals surface area contributed by atoms with E-state index in [0.29, 0.717) is 70.4 Å². The van der Waals surface area contributed by atoms with Gasteiger partial charge >= 0.3 is 41.3 Å². The van der Waals surface area contributed by atoms with Gasteiger partial charge in [-0.25, -0.2) is 59.2 Å². The molecule has 0 aliphatic rings. The van der Waals surface area contributed by atoms with Crippen molar-refractivity contribution in [2.24, 2.45) is 0 Å². The molecule has 0 aliphatic carbocycles. The van der Waals surface area contributed by atoms with Crippen molar-refractivity contribution in [1.82, 2.24) is 58.6 Å². The van der Waals surface area contributed by atoms with E-state index in [9.17, 15) is 28.1 Å². The van der Waals surface area contributed by atoms with E-state index >= 15 is 0 Å². The number of unbranched alkanes of at least 4 members (excludes halogenated alkanes) is 33. The van der Waals surface area contributed by atoms with E-state index < -0.39 is 79.9 Å². The van der Waals surface area contributed by atoms with Gasteiger partial charge in [-0.2, -0.15) is 0 Å². The van der Waals surface area contributed by atoms with E-state index in [1.807, 2.05) is 20.8 Å². The van der Waals surface area contributed by atoms with Crippen molar-refractivity contribution < 1.29 is 97.9 Å². The molecule has 36 nitrogen and oxygen atoms in total. The lowest BCUT2D eigenvalue weighted by molar-refractivity contribution is -0.0189. The number of imidazole rings is 3. The first-order valence-electron chi connectivity index (χ1n) is 48.7. The smallest absolute Gasteiger partial charge is 0.432 e. The number of anilines is 3. The summed E-state index contributed by atoms with van der Waals surface area (Å²) in [6.07, 6.45) is 49.6. The number of ether oxygens (including phenoxy) is 9. The third-order valence-corrected chi connectivity index (χ3v) is 32.7. The van der Waals surface area contributed by atoms with Crippen LogP contribution in [0.2, 0.25) is 0 Å². The number of nitrogens with zero attached hydrogens (tertiary/aromatic N) is 12. The van der Waals surface area contributed by atoms with E-state index in [0.717, 1.165) is 36.5 Å². The van der Waals surface area contributed by atoms with Gasteiger partial charge in [0.05, 0.1) is 95.1 Å². The van der Waals surface area contributed by atoms with Gasteiger partial charge in [0.25, 0.3) is 0 Å². The Hall–Kier alpha value is -5.10. The molecule has 0 fully saturated rings. The van der Waals surface area contributed by atoms with Crippen molar-refractivity contribution in [1.29, 1.82) is 0 Å². The standard InChI is InChI=1S/3C30H54N5O7PS2/c3*1-5-6-7-8-9-10-11-12-13-14-15-16-18-45(44)19-17-40-43(37,41-23-38-30(36)42-25(2)3)24-39-26(4)20-35-22-34-27-28(31)32-21-33-29(27)35/h3*21-22,25-26H,5-20,23-24H2,1-4H3,(H2,31,32,33)/t26-,43?,45?;26-,43+,45?;26-,43-,45?/m111/s1. The number of nitrogens with two attached hydrogens (primary N) is 3. The molecule has 0 bridgehead atoms. The Morgan fingerprint density at radius 3 is 0.748 bits per heavy atom. The first kappa shape index (κ1) is 122. The van der Waals surface area contributed by atoms with Crippen LogP contribution in [0.3, 0.4) is 0 Å². The molecule has 0 aromatic carbocycles. The Morgan fingerprint density at radius 1 is 0.319 bits per heavy atom. The molecule has 6 heterocycles. The summed E-state index contributed by atoms with van der Waals surface area (Å²) in [5, 5.41) is 0. The van der Waals surface area contributed by atoms with Crippen LogP contribution in [0.1, 0.15) is 314 Å². The van der Waals surface area contributed by atoms with E-state index in [4.69, 9.17) is 121 Å². The van der Waals surface area contributed by atoms with Crippen molar-refractivity contribution in [2.45, 2.75) is 370 Å². The summed E-state index contributed by atoms with van der Waals surface area (Å²) in [4.78, 5) is 72.6. The number of hydrogen-bond donors (Lipinski definition) is 3. The van der Waals surface area contributed by atoms with Gasteiger partial charge in [0.15, 0.2) is 34.4 Å². The molecule has 6 aromatic heterocycles. The zero-order valence-corrected chi connectivity index (χ0v) is 90.2. The SMILES string of the molecule is CCCCCCCCCCCCCCS(=S)CCOP(=O)(CO[C@H](C)Cn1cnc2c(N)ncnc21)OCOC(=O)OC(C)C.CCCCCCCCCCCCCCS(=S)CCO[P@@](=O)(CO[C@H](C)Cn1cnc2c(N)ncnc21)OCOC(=O)OC(C)C.CCCCCCCCCCCCCCS(=S)CCO[P@](=O)(CO[C@H](C)Cn1cnc2c(N)ncnc21)OCOC(=O)OC(C)C. The molecule has 0 aliphatic heterocycles. The van der Waals surface area contributed by atoms with Crippen LogP contribution in [0.15, 0.2) is 38.0 Å². The number of rotatable bonds is 78. The van der Waals surface area contributed by atoms with E-state index in [1.165, 1.54) is 231 Å². The van der Waals surface area contributed by atoms with Gasteiger partial charge in [0.2, 0.25) is 20.4 Å². The molecule has 6 aromatic rings. The third kappa shape index (κ3) is 57.6. The van der Waals surface area contributed by atoms with Crippen LogP contribution in [0.25, 0.3) is 33.5 Å². The number of hydrogen-bond acceptors (Lipinski definition) is 36. The average Bonchev–Trinajstić information content (AvgIpc) is 1.67. The summed E-state index contributed by atoms with van der Waals surface area (Å²) in [6.45, 7) is 22.1. The maximum Gasteiger partial charge on any atom is 0.510 e. The highest BCUT2D eigenvalue weighted by Crippen LogP contribution is 2.51. The Kier molecular flexibility index (Phi) is 66.9. The minimum Gasteiger partial charge on any atom is -0.432 e. The molecule has 9 atom stereocenters. The Balaban J connectivity index is 0.000000423. The first-order valence-corrected chi connectivity index (χ1v) is 61.3. The molecule has 4 unspecified atom stereocenters. The number of carbonyl (C=O) groups is 3. The third-order valence-electron chi connectivity index (χ3n) is 20.9. The van der Waals surface area contributed by atoms with Crippen LogP contribution in [0, 0.1) is 0 Å².